The maximum Gasteiger partial charge on any atom is 0.257 e. The van der Waals surface area contributed by atoms with Gasteiger partial charge in [0.05, 0.1) is 10.6 Å². The summed E-state index contributed by atoms with van der Waals surface area (Å²) < 4.78 is 0. The lowest BCUT2D eigenvalue weighted by Gasteiger charge is -2.18. The lowest BCUT2D eigenvalue weighted by atomic mass is 10.1. The highest BCUT2D eigenvalue weighted by Crippen LogP contribution is 2.37. The number of hydrogen-bond acceptors (Lipinski definition) is 3. The summed E-state index contributed by atoms with van der Waals surface area (Å²) in [6.45, 7) is 1.92. The molecule has 0 aliphatic carbocycles. The van der Waals surface area contributed by atoms with Crippen LogP contribution in [0.15, 0.2) is 95.9 Å². The first-order valence-electron chi connectivity index (χ1n) is 11.0. The highest BCUT2D eigenvalue weighted by atomic mass is 35.5. The molecule has 0 radical (unpaired) electrons. The lowest BCUT2D eigenvalue weighted by Crippen LogP contribution is -2.19. The van der Waals surface area contributed by atoms with E-state index in [9.17, 15) is 9.59 Å². The fourth-order valence-electron chi connectivity index (χ4n) is 3.45. The molecule has 0 heterocycles. The Hall–Kier alpha value is -2.96. The van der Waals surface area contributed by atoms with Gasteiger partial charge in [-0.15, -0.1) is 11.8 Å². The first kappa shape index (κ1) is 26.1. The molecule has 0 aliphatic rings. The maximum atomic E-state index is 13.4. The molecule has 8 heteroatoms. The average Bonchev–Trinajstić information content (AvgIpc) is 2.86. The molecular weight excluding hydrogens is 535 g/mol. The van der Waals surface area contributed by atoms with E-state index in [1.54, 1.807) is 36.4 Å². The molecule has 0 fully saturated rings. The zero-order chi connectivity index (χ0) is 25.7. The predicted molar refractivity (Wildman–Crippen MR) is 151 cm³/mol. The lowest BCUT2D eigenvalue weighted by molar-refractivity contribution is -0.115. The van der Waals surface area contributed by atoms with Crippen molar-refractivity contribution in [3.05, 3.63) is 123 Å². The Morgan fingerprint density at radius 2 is 1.44 bits per heavy atom. The molecule has 1 atom stereocenters. The number of benzene rings is 4. The summed E-state index contributed by atoms with van der Waals surface area (Å²) >= 11 is 19.6. The van der Waals surface area contributed by atoms with E-state index in [4.69, 9.17) is 34.8 Å². The van der Waals surface area contributed by atoms with Crippen molar-refractivity contribution >= 4 is 69.8 Å². The minimum absolute atomic E-state index is 0.161. The van der Waals surface area contributed by atoms with Crippen LogP contribution in [0.3, 0.4) is 0 Å². The minimum Gasteiger partial charge on any atom is -0.325 e. The average molecular weight is 556 g/mol. The van der Waals surface area contributed by atoms with Crippen LogP contribution in [0, 0.1) is 6.92 Å². The predicted octanol–water partition coefficient (Wildman–Crippen LogP) is 8.68. The van der Waals surface area contributed by atoms with Crippen LogP contribution in [0.2, 0.25) is 15.1 Å². The van der Waals surface area contributed by atoms with Gasteiger partial charge in [0.2, 0.25) is 5.91 Å². The molecule has 4 aromatic carbocycles. The molecule has 2 amide bonds. The molecule has 0 bridgehead atoms. The van der Waals surface area contributed by atoms with Gasteiger partial charge >= 0.3 is 0 Å². The molecule has 4 nitrogen and oxygen atoms in total. The van der Waals surface area contributed by atoms with Crippen LogP contribution in [0.5, 0.6) is 0 Å². The fraction of sp³-hybridized carbons (Fsp3) is 0.0714. The van der Waals surface area contributed by atoms with Crippen LogP contribution in [0.4, 0.5) is 11.4 Å². The first-order chi connectivity index (χ1) is 17.3. The largest absolute Gasteiger partial charge is 0.325 e. The highest BCUT2D eigenvalue weighted by molar-refractivity contribution is 8.00. The molecule has 36 heavy (non-hydrogen) atoms. The molecule has 182 valence electrons. The van der Waals surface area contributed by atoms with E-state index in [0.717, 1.165) is 16.0 Å². The van der Waals surface area contributed by atoms with Gasteiger partial charge in [0.15, 0.2) is 0 Å². The van der Waals surface area contributed by atoms with Gasteiger partial charge in [0.25, 0.3) is 5.91 Å². The van der Waals surface area contributed by atoms with E-state index >= 15 is 0 Å². The van der Waals surface area contributed by atoms with Crippen LogP contribution < -0.4 is 10.6 Å². The summed E-state index contributed by atoms with van der Waals surface area (Å²) in [5.74, 6) is -0.498. The Morgan fingerprint density at radius 1 is 0.778 bits per heavy atom. The van der Waals surface area contributed by atoms with Gasteiger partial charge in [-0.1, -0.05) is 71.2 Å². The van der Waals surface area contributed by atoms with Crippen molar-refractivity contribution in [2.45, 2.75) is 17.1 Å². The Kier molecular flexibility index (Phi) is 8.60. The Morgan fingerprint density at radius 3 is 2.14 bits per heavy atom. The molecule has 4 rings (SSSR count). The third-order valence-electron chi connectivity index (χ3n) is 5.34. The van der Waals surface area contributed by atoms with Crippen LogP contribution in [-0.2, 0) is 4.79 Å². The highest BCUT2D eigenvalue weighted by Gasteiger charge is 2.23. The molecule has 0 spiro atoms. The second-order valence-corrected chi connectivity index (χ2v) is 10.4. The van der Waals surface area contributed by atoms with Gasteiger partial charge in [-0.25, -0.2) is 0 Å². The number of nitrogens with one attached hydrogen (secondary N) is 2. The molecule has 0 aliphatic heterocycles. The van der Waals surface area contributed by atoms with Gasteiger partial charge in [0.1, 0.15) is 5.25 Å². The van der Waals surface area contributed by atoms with Crippen molar-refractivity contribution in [2.24, 2.45) is 0 Å². The van der Waals surface area contributed by atoms with E-state index < -0.39 is 5.25 Å². The number of amides is 2. The standard InChI is InChI=1S/C28H21Cl3N2O2S/c1-17-7-8-20(30)16-25(17)33-28(35)26(18-5-3-2-4-6-18)36-22-12-10-21(11-13-22)32-27(34)23-14-9-19(29)15-24(23)31/h2-16,26H,1H3,(H,32,34)(H,33,35). The summed E-state index contributed by atoms with van der Waals surface area (Å²) in [5, 5.41) is 6.63. The van der Waals surface area contributed by atoms with Crippen molar-refractivity contribution in [1.29, 1.82) is 0 Å². The molecule has 1 unspecified atom stereocenters. The zero-order valence-corrected chi connectivity index (χ0v) is 22.2. The topological polar surface area (TPSA) is 58.2 Å². The van der Waals surface area contributed by atoms with Crippen molar-refractivity contribution in [3.63, 3.8) is 0 Å². The number of halogens is 3. The number of carbonyl (C=O) groups is 2. The van der Waals surface area contributed by atoms with Gasteiger partial charge in [-0.05, 0) is 72.6 Å². The number of aryl methyl sites for hydroxylation is 1. The zero-order valence-electron chi connectivity index (χ0n) is 19.1. The number of thioether (sulfide) groups is 1. The normalized spacial score (nSPS) is 11.6. The number of rotatable bonds is 7. The van der Waals surface area contributed by atoms with Crippen LogP contribution in [0.1, 0.15) is 26.7 Å². The monoisotopic (exact) mass is 554 g/mol. The summed E-state index contributed by atoms with van der Waals surface area (Å²) in [5.41, 5.74) is 3.40. The summed E-state index contributed by atoms with van der Waals surface area (Å²) in [6.07, 6.45) is 0. The van der Waals surface area contributed by atoms with Crippen molar-refractivity contribution in [1.82, 2.24) is 0 Å². The smallest absolute Gasteiger partial charge is 0.257 e. The maximum absolute atomic E-state index is 13.4. The van der Waals surface area contributed by atoms with Gasteiger partial charge in [0, 0.05) is 26.3 Å². The van der Waals surface area contributed by atoms with Gasteiger partial charge in [-0.3, -0.25) is 9.59 Å². The minimum atomic E-state index is -0.502. The third-order valence-corrected chi connectivity index (χ3v) is 7.39. The Bertz CT molecular complexity index is 1400. The number of hydrogen-bond donors (Lipinski definition) is 2. The van der Waals surface area contributed by atoms with Crippen LogP contribution in [-0.4, -0.2) is 11.8 Å². The fourth-order valence-corrected chi connectivity index (χ4v) is 5.14. The summed E-state index contributed by atoms with van der Waals surface area (Å²) in [4.78, 5) is 26.8. The van der Waals surface area contributed by atoms with E-state index in [1.807, 2.05) is 55.5 Å². The van der Waals surface area contributed by atoms with E-state index in [-0.39, 0.29) is 16.8 Å². The van der Waals surface area contributed by atoms with E-state index in [1.165, 1.54) is 17.8 Å². The van der Waals surface area contributed by atoms with Gasteiger partial charge in [-0.2, -0.15) is 0 Å². The van der Waals surface area contributed by atoms with E-state index in [0.29, 0.717) is 27.0 Å². The van der Waals surface area contributed by atoms with Crippen LogP contribution in [0.25, 0.3) is 0 Å². The molecule has 2 N–H and O–H groups in total. The van der Waals surface area contributed by atoms with Crippen molar-refractivity contribution in [3.8, 4) is 0 Å². The SMILES string of the molecule is Cc1ccc(Cl)cc1NC(=O)C(Sc1ccc(NC(=O)c2ccc(Cl)cc2Cl)cc1)c1ccccc1. The molecule has 0 aromatic heterocycles. The summed E-state index contributed by atoms with van der Waals surface area (Å²) in [7, 11) is 0. The molecule has 0 saturated heterocycles. The number of anilines is 2. The van der Waals surface area contributed by atoms with Crippen molar-refractivity contribution < 1.29 is 9.59 Å². The second kappa shape index (κ2) is 11.8. The molecule has 0 saturated carbocycles. The first-order valence-corrected chi connectivity index (χ1v) is 13.0. The quantitative estimate of drug-likeness (QED) is 0.224. The number of carbonyl (C=O) groups excluding carboxylic acids is 2. The summed E-state index contributed by atoms with van der Waals surface area (Å²) in [6, 6.07) is 27.0. The van der Waals surface area contributed by atoms with Crippen molar-refractivity contribution in [2.75, 3.05) is 10.6 Å². The third kappa shape index (κ3) is 6.62. The second-order valence-electron chi connectivity index (χ2n) is 7.96. The Labute approximate surface area is 229 Å². The Balaban J connectivity index is 1.51. The molecule has 4 aromatic rings. The molecular formula is C28H21Cl3N2O2S. The van der Waals surface area contributed by atoms with Gasteiger partial charge < -0.3 is 10.6 Å². The van der Waals surface area contributed by atoms with E-state index in [2.05, 4.69) is 10.6 Å². The van der Waals surface area contributed by atoms with Crippen LogP contribution >= 0.6 is 46.6 Å².